The van der Waals surface area contributed by atoms with Gasteiger partial charge in [-0.15, -0.1) is 0 Å². The summed E-state index contributed by atoms with van der Waals surface area (Å²) in [5, 5.41) is 0. The predicted molar refractivity (Wildman–Crippen MR) is 110 cm³/mol. The first-order valence-corrected chi connectivity index (χ1v) is 10.3. The van der Waals surface area contributed by atoms with Crippen LogP contribution in [0, 0.1) is 0 Å². The maximum absolute atomic E-state index is 12.4. The minimum Gasteiger partial charge on any atom is -0.463 e. The van der Waals surface area contributed by atoms with Gasteiger partial charge >= 0.3 is 17.9 Å². The van der Waals surface area contributed by atoms with Gasteiger partial charge in [-0.05, 0) is 30.7 Å². The summed E-state index contributed by atoms with van der Waals surface area (Å²) in [6, 6.07) is 7.30. The van der Waals surface area contributed by atoms with E-state index in [1.165, 1.54) is 13.8 Å². The van der Waals surface area contributed by atoms with Crippen molar-refractivity contribution in [2.75, 3.05) is 13.2 Å². The van der Waals surface area contributed by atoms with E-state index in [1.54, 1.807) is 19.1 Å². The van der Waals surface area contributed by atoms with Gasteiger partial charge in [0.25, 0.3) is 0 Å². The van der Waals surface area contributed by atoms with Crippen molar-refractivity contribution in [2.24, 2.45) is 0 Å². The Morgan fingerprint density at radius 3 is 2.53 bits per heavy atom. The molecule has 9 heteroatoms. The van der Waals surface area contributed by atoms with E-state index in [0.717, 1.165) is 10.0 Å². The standard InChI is InChI=1S/C21H25BrO8/c1-4-26-21(25)19(9-15-6-5-7-16(22)8-15)30-20-11-17(28-14(3)24)10-18(29-20)12-27-13(2)23/h5-9,17-18,20H,4,10-12H2,1-3H3/b19-9-. The third-order valence-electron chi connectivity index (χ3n) is 4.01. The lowest BCUT2D eigenvalue weighted by Crippen LogP contribution is -2.41. The van der Waals surface area contributed by atoms with E-state index in [9.17, 15) is 14.4 Å². The van der Waals surface area contributed by atoms with Crippen LogP contribution >= 0.6 is 15.9 Å². The number of ether oxygens (including phenoxy) is 5. The lowest BCUT2D eigenvalue weighted by Gasteiger charge is -2.34. The van der Waals surface area contributed by atoms with Gasteiger partial charge in [-0.2, -0.15) is 0 Å². The van der Waals surface area contributed by atoms with Gasteiger partial charge in [0.1, 0.15) is 12.7 Å². The van der Waals surface area contributed by atoms with Gasteiger partial charge in [0.05, 0.1) is 12.7 Å². The maximum atomic E-state index is 12.4. The SMILES string of the molecule is CCOC(=O)/C(=C/c1cccc(Br)c1)OC1CC(OC(C)=O)CC(COC(C)=O)O1. The summed E-state index contributed by atoms with van der Waals surface area (Å²) in [6.07, 6.45) is 0.152. The monoisotopic (exact) mass is 484 g/mol. The van der Waals surface area contributed by atoms with Crippen LogP contribution in [0.4, 0.5) is 0 Å². The van der Waals surface area contributed by atoms with E-state index in [-0.39, 0.29) is 25.4 Å². The molecule has 3 unspecified atom stereocenters. The number of benzene rings is 1. The summed E-state index contributed by atoms with van der Waals surface area (Å²) in [5.74, 6) is -1.59. The molecular weight excluding hydrogens is 460 g/mol. The van der Waals surface area contributed by atoms with E-state index < -0.39 is 36.4 Å². The first-order valence-electron chi connectivity index (χ1n) is 9.54. The lowest BCUT2D eigenvalue weighted by molar-refractivity contribution is -0.218. The molecule has 0 aromatic heterocycles. The summed E-state index contributed by atoms with van der Waals surface area (Å²) in [5.41, 5.74) is 0.719. The largest absolute Gasteiger partial charge is 0.463 e. The second-order valence-electron chi connectivity index (χ2n) is 6.59. The van der Waals surface area contributed by atoms with Crippen molar-refractivity contribution >= 4 is 39.9 Å². The molecule has 1 aliphatic heterocycles. The fourth-order valence-corrected chi connectivity index (χ4v) is 3.30. The van der Waals surface area contributed by atoms with E-state index in [4.69, 9.17) is 23.7 Å². The number of carbonyl (C=O) groups is 3. The van der Waals surface area contributed by atoms with Crippen molar-refractivity contribution in [1.82, 2.24) is 0 Å². The molecule has 1 heterocycles. The minimum absolute atomic E-state index is 0.0168. The van der Waals surface area contributed by atoms with Crippen molar-refractivity contribution in [1.29, 1.82) is 0 Å². The van der Waals surface area contributed by atoms with Gasteiger partial charge < -0.3 is 23.7 Å². The number of hydrogen-bond donors (Lipinski definition) is 0. The second-order valence-corrected chi connectivity index (χ2v) is 7.51. The van der Waals surface area contributed by atoms with Gasteiger partial charge in [-0.25, -0.2) is 4.79 Å². The number of carbonyl (C=O) groups excluding carboxylic acids is 3. The highest BCUT2D eigenvalue weighted by molar-refractivity contribution is 9.10. The van der Waals surface area contributed by atoms with Gasteiger partial charge in [-0.3, -0.25) is 9.59 Å². The van der Waals surface area contributed by atoms with Crippen LogP contribution in [-0.2, 0) is 38.1 Å². The Labute approximate surface area is 183 Å². The second kappa shape index (κ2) is 11.7. The fraction of sp³-hybridized carbons (Fsp3) is 0.476. The van der Waals surface area contributed by atoms with Crippen molar-refractivity contribution < 1.29 is 38.1 Å². The Morgan fingerprint density at radius 1 is 1.13 bits per heavy atom. The molecule has 1 aromatic rings. The molecule has 1 fully saturated rings. The first-order chi connectivity index (χ1) is 14.3. The highest BCUT2D eigenvalue weighted by Crippen LogP contribution is 2.26. The summed E-state index contributed by atoms with van der Waals surface area (Å²) in [7, 11) is 0. The highest BCUT2D eigenvalue weighted by Gasteiger charge is 2.34. The van der Waals surface area contributed by atoms with Gasteiger partial charge in [0, 0.05) is 31.2 Å². The van der Waals surface area contributed by atoms with Crippen LogP contribution in [-0.4, -0.2) is 49.6 Å². The fourth-order valence-electron chi connectivity index (χ4n) is 2.89. The average molecular weight is 485 g/mol. The zero-order valence-electron chi connectivity index (χ0n) is 17.1. The lowest BCUT2D eigenvalue weighted by atomic mass is 10.1. The number of hydrogen-bond acceptors (Lipinski definition) is 8. The number of esters is 3. The Balaban J connectivity index is 2.20. The molecule has 1 aromatic carbocycles. The molecule has 0 aliphatic carbocycles. The molecule has 0 N–H and O–H groups in total. The molecule has 3 atom stereocenters. The molecule has 1 saturated heterocycles. The third-order valence-corrected chi connectivity index (χ3v) is 4.51. The third kappa shape index (κ3) is 8.16. The zero-order chi connectivity index (χ0) is 22.1. The van der Waals surface area contributed by atoms with E-state index in [0.29, 0.717) is 6.42 Å². The van der Waals surface area contributed by atoms with Gasteiger partial charge in [0.2, 0.25) is 12.0 Å². The van der Waals surface area contributed by atoms with Crippen LogP contribution in [0.5, 0.6) is 0 Å². The highest BCUT2D eigenvalue weighted by atomic mass is 79.9. The summed E-state index contributed by atoms with van der Waals surface area (Å²) >= 11 is 3.39. The Bertz CT molecular complexity index is 791. The molecule has 8 nitrogen and oxygen atoms in total. The topological polar surface area (TPSA) is 97.4 Å². The molecule has 164 valence electrons. The molecule has 0 radical (unpaired) electrons. The summed E-state index contributed by atoms with van der Waals surface area (Å²) in [4.78, 5) is 35.0. The molecular formula is C21H25BrO8. The van der Waals surface area contributed by atoms with Crippen LogP contribution in [0.25, 0.3) is 6.08 Å². The zero-order valence-corrected chi connectivity index (χ0v) is 18.7. The van der Waals surface area contributed by atoms with Gasteiger partial charge in [-0.1, -0.05) is 28.1 Å². The van der Waals surface area contributed by atoms with Crippen LogP contribution in [0.2, 0.25) is 0 Å². The van der Waals surface area contributed by atoms with Crippen LogP contribution in [0.3, 0.4) is 0 Å². The normalized spacial score (nSPS) is 21.5. The van der Waals surface area contributed by atoms with Crippen LogP contribution in [0.15, 0.2) is 34.5 Å². The maximum Gasteiger partial charge on any atom is 0.373 e. The van der Waals surface area contributed by atoms with Crippen molar-refractivity contribution in [2.45, 2.75) is 52.1 Å². The van der Waals surface area contributed by atoms with Crippen LogP contribution < -0.4 is 0 Å². The van der Waals surface area contributed by atoms with E-state index in [1.807, 2.05) is 18.2 Å². The van der Waals surface area contributed by atoms with Crippen molar-refractivity contribution in [3.05, 3.63) is 40.1 Å². The van der Waals surface area contributed by atoms with Crippen molar-refractivity contribution in [3.63, 3.8) is 0 Å². The van der Waals surface area contributed by atoms with Crippen LogP contribution in [0.1, 0.15) is 39.2 Å². The molecule has 2 rings (SSSR count). The number of halogens is 1. The Morgan fingerprint density at radius 2 is 1.90 bits per heavy atom. The van der Waals surface area contributed by atoms with E-state index >= 15 is 0 Å². The molecule has 0 saturated carbocycles. The predicted octanol–water partition coefficient (Wildman–Crippen LogP) is 3.37. The van der Waals surface area contributed by atoms with Crippen molar-refractivity contribution in [3.8, 4) is 0 Å². The molecule has 0 bridgehead atoms. The Kier molecular flexibility index (Phi) is 9.32. The minimum atomic E-state index is -0.897. The molecule has 0 spiro atoms. The summed E-state index contributed by atoms with van der Waals surface area (Å²) < 4.78 is 27.9. The Hall–Kier alpha value is -2.39. The molecule has 1 aliphatic rings. The average Bonchev–Trinajstić information content (AvgIpc) is 2.65. The van der Waals surface area contributed by atoms with E-state index in [2.05, 4.69) is 15.9 Å². The summed E-state index contributed by atoms with van der Waals surface area (Å²) in [6.45, 7) is 4.45. The molecule has 30 heavy (non-hydrogen) atoms. The molecule has 0 amide bonds. The van der Waals surface area contributed by atoms with Gasteiger partial charge in [0.15, 0.2) is 0 Å². The number of rotatable bonds is 8. The quantitative estimate of drug-likeness (QED) is 0.239. The first kappa shape index (κ1) is 23.9. The smallest absolute Gasteiger partial charge is 0.373 e.